The number of rotatable bonds is 1. The van der Waals surface area contributed by atoms with Gasteiger partial charge in [-0.3, -0.25) is 4.98 Å². The molecule has 1 aromatic carbocycles. The number of nitrogens with zero attached hydrogens (tertiary/aromatic N) is 2. The van der Waals surface area contributed by atoms with Gasteiger partial charge in [0.15, 0.2) is 0 Å². The quantitative estimate of drug-likeness (QED) is 0.741. The number of hydrogen-bond acceptors (Lipinski definition) is 2. The summed E-state index contributed by atoms with van der Waals surface area (Å²) in [6.45, 7) is 0. The molecule has 0 unspecified atom stereocenters. The summed E-state index contributed by atoms with van der Waals surface area (Å²) >= 11 is 3.43. The molecule has 86 valence electrons. The zero-order chi connectivity index (χ0) is 12.5. The topological polar surface area (TPSA) is 52.5 Å². The van der Waals surface area contributed by atoms with Crippen LogP contribution in [-0.2, 0) is 0 Å². The minimum absolute atomic E-state index is 0.664. The van der Waals surface area contributed by atoms with Gasteiger partial charge in [-0.2, -0.15) is 5.26 Å². The van der Waals surface area contributed by atoms with Gasteiger partial charge < -0.3 is 4.98 Å². The molecule has 3 rings (SSSR count). The van der Waals surface area contributed by atoms with Gasteiger partial charge in [0, 0.05) is 33.3 Å². The molecule has 1 N–H and O–H groups in total. The third-order valence-corrected chi connectivity index (χ3v) is 3.33. The van der Waals surface area contributed by atoms with Gasteiger partial charge in [-0.25, -0.2) is 0 Å². The Bertz CT molecular complexity index is 754. The molecular formula is C14H8BrN3. The van der Waals surface area contributed by atoms with E-state index in [2.05, 4.69) is 32.0 Å². The van der Waals surface area contributed by atoms with Gasteiger partial charge in [-0.05, 0) is 30.3 Å². The number of hydrogen-bond donors (Lipinski definition) is 1. The van der Waals surface area contributed by atoms with E-state index in [4.69, 9.17) is 0 Å². The van der Waals surface area contributed by atoms with Crippen LogP contribution in [0.25, 0.3) is 22.2 Å². The van der Waals surface area contributed by atoms with E-state index in [0.717, 1.165) is 26.6 Å². The van der Waals surface area contributed by atoms with Crippen LogP contribution < -0.4 is 0 Å². The Morgan fingerprint density at radius 1 is 1.17 bits per heavy atom. The van der Waals surface area contributed by atoms with Crippen LogP contribution in [0.3, 0.4) is 0 Å². The second-order valence-corrected chi connectivity index (χ2v) is 4.83. The van der Waals surface area contributed by atoms with E-state index in [9.17, 15) is 5.26 Å². The Kier molecular flexibility index (Phi) is 2.62. The number of benzene rings is 1. The molecule has 2 heterocycles. The minimum atomic E-state index is 0.664. The Labute approximate surface area is 112 Å². The fourth-order valence-corrected chi connectivity index (χ4v) is 2.38. The molecule has 2 aromatic heterocycles. The fourth-order valence-electron chi connectivity index (χ4n) is 2.02. The number of H-pyrrole nitrogens is 1. The van der Waals surface area contributed by atoms with Crippen LogP contribution in [0.15, 0.2) is 47.2 Å². The second kappa shape index (κ2) is 4.28. The normalized spacial score (nSPS) is 10.4. The molecule has 0 aliphatic carbocycles. The summed E-state index contributed by atoms with van der Waals surface area (Å²) in [5.41, 5.74) is 3.43. The highest BCUT2D eigenvalue weighted by Gasteiger charge is 2.12. The van der Waals surface area contributed by atoms with Crippen LogP contribution >= 0.6 is 15.9 Å². The Balaban J connectivity index is 2.34. The van der Waals surface area contributed by atoms with Crippen LogP contribution in [-0.4, -0.2) is 9.97 Å². The maximum atomic E-state index is 9.36. The van der Waals surface area contributed by atoms with E-state index in [1.807, 2.05) is 30.3 Å². The lowest BCUT2D eigenvalue weighted by atomic mass is 10.1. The van der Waals surface area contributed by atoms with Gasteiger partial charge in [0.25, 0.3) is 0 Å². The lowest BCUT2D eigenvalue weighted by molar-refractivity contribution is 1.32. The van der Waals surface area contributed by atoms with Gasteiger partial charge in [0.1, 0.15) is 6.07 Å². The Morgan fingerprint density at radius 3 is 2.67 bits per heavy atom. The highest BCUT2D eigenvalue weighted by atomic mass is 79.9. The van der Waals surface area contributed by atoms with Crippen molar-refractivity contribution < 1.29 is 0 Å². The molecule has 4 heteroatoms. The van der Waals surface area contributed by atoms with Crippen molar-refractivity contribution in [1.29, 1.82) is 5.26 Å². The highest BCUT2D eigenvalue weighted by Crippen LogP contribution is 2.31. The van der Waals surface area contributed by atoms with Crippen LogP contribution in [0.2, 0.25) is 0 Å². The summed E-state index contributed by atoms with van der Waals surface area (Å²) in [5, 5.41) is 10.3. The number of halogens is 1. The van der Waals surface area contributed by atoms with Gasteiger partial charge in [-0.15, -0.1) is 0 Å². The number of aromatic amines is 1. The first-order chi connectivity index (χ1) is 8.79. The summed E-state index contributed by atoms with van der Waals surface area (Å²) in [6, 6.07) is 11.9. The predicted octanol–water partition coefficient (Wildman–Crippen LogP) is 3.86. The molecule has 0 amide bonds. The van der Waals surface area contributed by atoms with E-state index in [-0.39, 0.29) is 0 Å². The van der Waals surface area contributed by atoms with E-state index in [1.54, 1.807) is 12.4 Å². The summed E-state index contributed by atoms with van der Waals surface area (Å²) < 4.78 is 0.965. The maximum Gasteiger partial charge on any atom is 0.102 e. The number of pyridine rings is 1. The van der Waals surface area contributed by atoms with Crippen LogP contribution in [0.1, 0.15) is 5.56 Å². The Hall–Kier alpha value is -2.12. The van der Waals surface area contributed by atoms with Crippen molar-refractivity contribution in [2.45, 2.75) is 0 Å². The molecule has 0 saturated heterocycles. The van der Waals surface area contributed by atoms with E-state index in [0.29, 0.717) is 5.56 Å². The predicted molar refractivity (Wildman–Crippen MR) is 73.9 cm³/mol. The summed E-state index contributed by atoms with van der Waals surface area (Å²) in [5.74, 6) is 0. The summed E-state index contributed by atoms with van der Waals surface area (Å²) in [6.07, 6.45) is 3.44. The molecular weight excluding hydrogens is 290 g/mol. The van der Waals surface area contributed by atoms with Crippen LogP contribution in [0.5, 0.6) is 0 Å². The minimum Gasteiger partial charge on any atom is -0.353 e. The third kappa shape index (κ3) is 1.69. The number of nitriles is 1. The average Bonchev–Trinajstić information content (AvgIpc) is 2.77. The summed E-state index contributed by atoms with van der Waals surface area (Å²) in [7, 11) is 0. The van der Waals surface area contributed by atoms with Gasteiger partial charge in [0.2, 0.25) is 0 Å². The van der Waals surface area contributed by atoms with Crippen molar-refractivity contribution in [2.24, 2.45) is 0 Å². The molecule has 0 bridgehead atoms. The maximum absolute atomic E-state index is 9.36. The first-order valence-electron chi connectivity index (χ1n) is 5.41. The van der Waals surface area contributed by atoms with Crippen molar-refractivity contribution in [3.63, 3.8) is 0 Å². The molecule has 3 aromatic rings. The largest absolute Gasteiger partial charge is 0.353 e. The summed E-state index contributed by atoms with van der Waals surface area (Å²) in [4.78, 5) is 7.28. The smallest absolute Gasteiger partial charge is 0.102 e. The molecule has 3 nitrogen and oxygen atoms in total. The fraction of sp³-hybridized carbons (Fsp3) is 0. The first kappa shape index (κ1) is 11.0. The molecule has 0 fully saturated rings. The molecule has 18 heavy (non-hydrogen) atoms. The number of aromatic nitrogens is 2. The average molecular weight is 298 g/mol. The van der Waals surface area contributed by atoms with Crippen molar-refractivity contribution in [3.05, 3.63) is 52.8 Å². The Morgan fingerprint density at radius 2 is 1.94 bits per heavy atom. The molecule has 0 aliphatic rings. The van der Waals surface area contributed by atoms with Gasteiger partial charge in [0.05, 0.1) is 11.3 Å². The van der Waals surface area contributed by atoms with Crippen molar-refractivity contribution in [2.75, 3.05) is 0 Å². The van der Waals surface area contributed by atoms with Gasteiger partial charge >= 0.3 is 0 Å². The number of fused-ring (bicyclic) bond motifs is 1. The molecule has 0 saturated carbocycles. The highest BCUT2D eigenvalue weighted by molar-refractivity contribution is 9.10. The number of nitrogens with one attached hydrogen (secondary N) is 1. The monoisotopic (exact) mass is 297 g/mol. The van der Waals surface area contributed by atoms with Crippen molar-refractivity contribution in [1.82, 2.24) is 9.97 Å². The lowest BCUT2D eigenvalue weighted by Gasteiger charge is -1.97. The zero-order valence-electron chi connectivity index (χ0n) is 9.31. The van der Waals surface area contributed by atoms with E-state index in [1.165, 1.54) is 0 Å². The standard InChI is InChI=1S/C14H8BrN3/c15-10-1-2-13-11(7-10)12(8-16)14(18-13)9-3-5-17-6-4-9/h1-7,18H. The second-order valence-electron chi connectivity index (χ2n) is 3.91. The van der Waals surface area contributed by atoms with Gasteiger partial charge in [-0.1, -0.05) is 15.9 Å². The van der Waals surface area contributed by atoms with E-state index >= 15 is 0 Å². The van der Waals surface area contributed by atoms with Crippen molar-refractivity contribution in [3.8, 4) is 17.3 Å². The zero-order valence-corrected chi connectivity index (χ0v) is 10.9. The van der Waals surface area contributed by atoms with Crippen LogP contribution in [0, 0.1) is 11.3 Å². The molecule has 0 atom stereocenters. The van der Waals surface area contributed by atoms with Crippen molar-refractivity contribution >= 4 is 26.8 Å². The first-order valence-corrected chi connectivity index (χ1v) is 6.20. The molecule has 0 radical (unpaired) electrons. The van der Waals surface area contributed by atoms with Crippen LogP contribution in [0.4, 0.5) is 0 Å². The SMILES string of the molecule is N#Cc1c(-c2ccncc2)[nH]c2ccc(Br)cc12. The molecule has 0 aliphatic heterocycles. The lowest BCUT2D eigenvalue weighted by Crippen LogP contribution is -1.81. The third-order valence-electron chi connectivity index (χ3n) is 2.84. The van der Waals surface area contributed by atoms with E-state index < -0.39 is 0 Å². The molecule has 0 spiro atoms.